The summed E-state index contributed by atoms with van der Waals surface area (Å²) in [5, 5.41) is 19.6. The predicted octanol–water partition coefficient (Wildman–Crippen LogP) is -0.0920. The van der Waals surface area contributed by atoms with Gasteiger partial charge < -0.3 is 0 Å². The topological polar surface area (TPSA) is 40.5 Å². The molecule has 2 atom stereocenters. The van der Waals surface area contributed by atoms with Crippen LogP contribution in [0.2, 0.25) is 10.6 Å². The van der Waals surface area contributed by atoms with Crippen molar-refractivity contribution in [2.45, 2.75) is 36.7 Å². The van der Waals surface area contributed by atoms with E-state index in [4.69, 9.17) is 10.2 Å². The van der Waals surface area contributed by atoms with Crippen LogP contribution in [0.5, 0.6) is 0 Å². The van der Waals surface area contributed by atoms with Gasteiger partial charge in [0.2, 0.25) is 0 Å². The maximum absolute atomic E-state index is 8.88. The minimum absolute atomic E-state index is 0.143. The van der Waals surface area contributed by atoms with E-state index < -0.39 is 0 Å². The first-order valence-electron chi connectivity index (χ1n) is 3.23. The number of rotatable bonds is 5. The molecule has 2 unspecified atom stereocenters. The summed E-state index contributed by atoms with van der Waals surface area (Å²) in [6.07, 6.45) is -0.285. The summed E-state index contributed by atoms with van der Waals surface area (Å²) in [7, 11) is 0. The van der Waals surface area contributed by atoms with E-state index in [1.54, 1.807) is 0 Å². The van der Waals surface area contributed by atoms with Gasteiger partial charge >= 0.3 is 73.2 Å². The van der Waals surface area contributed by atoms with Crippen molar-refractivity contribution >= 4 is 26.3 Å². The van der Waals surface area contributed by atoms with Crippen LogP contribution in [0.4, 0.5) is 0 Å². The zero-order valence-electron chi connectivity index (χ0n) is 6.28. The standard InChI is InChI=1S/C6H14O2Se2/c1-5(7)3-9-10-4-6(2)8/h5-8H,3-4H2,1-2H3. The Kier molecular flexibility index (Phi) is 7.29. The molecule has 0 aromatic rings. The second kappa shape index (κ2) is 6.66. The molecule has 10 heavy (non-hydrogen) atoms. The van der Waals surface area contributed by atoms with Crippen LogP contribution < -0.4 is 0 Å². The molecule has 0 radical (unpaired) electrons. The van der Waals surface area contributed by atoms with Crippen molar-refractivity contribution in [2.75, 3.05) is 0 Å². The van der Waals surface area contributed by atoms with Crippen LogP contribution in [0, 0.1) is 0 Å². The molecule has 0 aromatic carbocycles. The zero-order chi connectivity index (χ0) is 7.98. The molecule has 0 saturated carbocycles. The molecule has 62 valence electrons. The van der Waals surface area contributed by atoms with E-state index in [-0.39, 0.29) is 12.2 Å². The monoisotopic (exact) mass is 278 g/mol. The van der Waals surface area contributed by atoms with Crippen LogP contribution in [-0.4, -0.2) is 48.7 Å². The van der Waals surface area contributed by atoms with Crippen molar-refractivity contribution in [2.24, 2.45) is 0 Å². The van der Waals surface area contributed by atoms with E-state index in [2.05, 4.69) is 0 Å². The maximum atomic E-state index is 8.88. The number of hydrogen-bond acceptors (Lipinski definition) is 2. The molecule has 4 heteroatoms. The Labute approximate surface area is 73.3 Å². The molecule has 2 N–H and O–H groups in total. The van der Waals surface area contributed by atoms with Gasteiger partial charge in [-0.05, 0) is 0 Å². The quantitative estimate of drug-likeness (QED) is 0.544. The Morgan fingerprint density at radius 3 is 1.50 bits per heavy atom. The molecule has 0 aromatic heterocycles. The van der Waals surface area contributed by atoms with Gasteiger partial charge in [0.25, 0.3) is 0 Å². The van der Waals surface area contributed by atoms with Crippen LogP contribution in [0.1, 0.15) is 13.8 Å². The van der Waals surface area contributed by atoms with Gasteiger partial charge in [-0.25, -0.2) is 0 Å². The van der Waals surface area contributed by atoms with Crippen molar-refractivity contribution in [1.29, 1.82) is 0 Å². The van der Waals surface area contributed by atoms with Gasteiger partial charge in [-0.1, -0.05) is 0 Å². The summed E-state index contributed by atoms with van der Waals surface area (Å²) in [5.74, 6) is 0. The third kappa shape index (κ3) is 8.96. The van der Waals surface area contributed by atoms with Gasteiger partial charge in [0.15, 0.2) is 0 Å². The van der Waals surface area contributed by atoms with Crippen LogP contribution in [0.3, 0.4) is 0 Å². The van der Waals surface area contributed by atoms with Crippen LogP contribution in [-0.2, 0) is 0 Å². The molecule has 0 aliphatic carbocycles. The first-order valence-corrected chi connectivity index (χ1v) is 9.99. The summed E-state index contributed by atoms with van der Waals surface area (Å²) in [4.78, 5) is 0. The molecule has 0 aliphatic heterocycles. The molecule has 0 fully saturated rings. The molecule has 0 saturated heterocycles. The van der Waals surface area contributed by atoms with Gasteiger partial charge in [0.1, 0.15) is 0 Å². The summed E-state index contributed by atoms with van der Waals surface area (Å²) < 4.78 is 0. The minimum atomic E-state index is -0.143. The first-order chi connectivity index (χ1) is 4.63. The molecule has 2 nitrogen and oxygen atoms in total. The van der Waals surface area contributed by atoms with Gasteiger partial charge in [0.05, 0.1) is 0 Å². The van der Waals surface area contributed by atoms with Crippen molar-refractivity contribution in [3.63, 3.8) is 0 Å². The average molecular weight is 276 g/mol. The van der Waals surface area contributed by atoms with E-state index in [9.17, 15) is 0 Å². The fraction of sp³-hybridized carbons (Fsp3) is 1.00. The van der Waals surface area contributed by atoms with E-state index in [0.29, 0.717) is 26.3 Å². The molecule has 0 amide bonds. The summed E-state index contributed by atoms with van der Waals surface area (Å²) in [6.45, 7) is 3.64. The molecule has 0 heterocycles. The fourth-order valence-electron chi connectivity index (χ4n) is 0.293. The Balaban J connectivity index is 2.91. The van der Waals surface area contributed by atoms with Gasteiger partial charge in [0, 0.05) is 0 Å². The first kappa shape index (κ1) is 11.0. The number of aliphatic hydroxyl groups is 2. The van der Waals surface area contributed by atoms with E-state index in [1.165, 1.54) is 0 Å². The second-order valence-electron chi connectivity index (χ2n) is 2.27. The molecular weight excluding hydrogens is 262 g/mol. The van der Waals surface area contributed by atoms with E-state index in [0.717, 1.165) is 10.6 Å². The van der Waals surface area contributed by atoms with Gasteiger partial charge in [-0.2, -0.15) is 0 Å². The van der Waals surface area contributed by atoms with Crippen molar-refractivity contribution in [1.82, 2.24) is 0 Å². The molecule has 0 aliphatic rings. The summed E-state index contributed by atoms with van der Waals surface area (Å²) >= 11 is 1.16. The molecular formula is C6H14O2Se2. The SMILES string of the molecule is CC(O)C[Se][Se]CC(C)O. The van der Waals surface area contributed by atoms with Crippen LogP contribution >= 0.6 is 0 Å². The van der Waals surface area contributed by atoms with Crippen molar-refractivity contribution in [3.05, 3.63) is 0 Å². The zero-order valence-corrected chi connectivity index (χ0v) is 9.71. The van der Waals surface area contributed by atoms with E-state index in [1.807, 2.05) is 13.8 Å². The Morgan fingerprint density at radius 2 is 1.30 bits per heavy atom. The summed E-state index contributed by atoms with van der Waals surface area (Å²) in [5.41, 5.74) is 0. The van der Waals surface area contributed by atoms with Crippen LogP contribution in [0.15, 0.2) is 0 Å². The third-order valence-electron chi connectivity index (χ3n) is 0.702. The molecule has 0 spiro atoms. The Bertz CT molecular complexity index is 66.1. The van der Waals surface area contributed by atoms with Crippen LogP contribution in [0.25, 0.3) is 0 Å². The third-order valence-corrected chi connectivity index (χ3v) is 8.43. The Morgan fingerprint density at radius 1 is 1.00 bits per heavy atom. The van der Waals surface area contributed by atoms with E-state index >= 15 is 0 Å². The van der Waals surface area contributed by atoms with Crippen molar-refractivity contribution < 1.29 is 10.2 Å². The normalized spacial score (nSPS) is 16.8. The summed E-state index contributed by atoms with van der Waals surface area (Å²) in [6, 6.07) is 0. The Hall–Kier alpha value is 0.959. The number of aliphatic hydroxyl groups excluding tert-OH is 2. The average Bonchev–Trinajstić information content (AvgIpc) is 1.79. The molecule has 0 rings (SSSR count). The predicted molar refractivity (Wildman–Crippen MR) is 44.5 cm³/mol. The fourth-order valence-corrected chi connectivity index (χ4v) is 7.92. The van der Waals surface area contributed by atoms with Gasteiger partial charge in [-0.3, -0.25) is 0 Å². The number of hydrogen-bond donors (Lipinski definition) is 2. The second-order valence-corrected chi connectivity index (χ2v) is 9.79. The van der Waals surface area contributed by atoms with Crippen molar-refractivity contribution in [3.8, 4) is 0 Å². The molecule has 0 bridgehead atoms. The van der Waals surface area contributed by atoms with Gasteiger partial charge in [-0.15, -0.1) is 0 Å².